The van der Waals surface area contributed by atoms with Crippen LogP contribution in [0.2, 0.25) is 0 Å². The van der Waals surface area contributed by atoms with Crippen LogP contribution >= 0.6 is 0 Å². The summed E-state index contributed by atoms with van der Waals surface area (Å²) in [5.41, 5.74) is 0.666. The van der Waals surface area contributed by atoms with E-state index in [-0.39, 0.29) is 11.2 Å². The van der Waals surface area contributed by atoms with Crippen molar-refractivity contribution in [2.24, 2.45) is 0 Å². The molecule has 0 aromatic heterocycles. The van der Waals surface area contributed by atoms with Crippen LogP contribution in [0, 0.1) is 0 Å². The molecule has 2 aromatic rings. The Morgan fingerprint density at radius 2 is 1.59 bits per heavy atom. The van der Waals surface area contributed by atoms with Crippen LogP contribution in [0.5, 0.6) is 0 Å². The summed E-state index contributed by atoms with van der Waals surface area (Å²) in [7, 11) is -0.419. The minimum absolute atomic E-state index is 0.379. The van der Waals surface area contributed by atoms with Gasteiger partial charge in [-0.1, -0.05) is 36.4 Å². The monoisotopic (exact) mass is 300 g/mol. The largest absolute Gasteiger partial charge is 0.494 e. The lowest BCUT2D eigenvalue weighted by Crippen LogP contribution is -2.41. The van der Waals surface area contributed by atoms with Crippen molar-refractivity contribution < 1.29 is 19.5 Å². The number of rotatable bonds is 2. The number of fused-ring (bicyclic) bond motifs is 1. The predicted octanol–water partition coefficient (Wildman–Crippen LogP) is 2.12. The molecule has 0 bridgehead atoms. The van der Waals surface area contributed by atoms with Gasteiger partial charge in [0.05, 0.1) is 11.2 Å². The van der Waals surface area contributed by atoms with Crippen molar-refractivity contribution in [3.8, 4) is 0 Å². The average molecular weight is 300 g/mol. The predicted molar refractivity (Wildman–Crippen MR) is 86.8 cm³/mol. The third-order valence-corrected chi connectivity index (χ3v) is 4.74. The molecule has 0 unspecified atom stereocenters. The molecule has 2 N–H and O–H groups in total. The molecular formula is C17H21BO4. The van der Waals surface area contributed by atoms with Crippen LogP contribution in [0.1, 0.15) is 39.5 Å². The summed E-state index contributed by atoms with van der Waals surface area (Å²) in [6, 6.07) is 11.2. The Bertz CT molecular complexity index is 693. The molecule has 0 amide bonds. The molecule has 1 aliphatic rings. The van der Waals surface area contributed by atoms with Crippen molar-refractivity contribution in [3.63, 3.8) is 0 Å². The molecular weight excluding hydrogens is 279 g/mol. The maximum absolute atomic E-state index is 9.45. The Morgan fingerprint density at radius 1 is 0.955 bits per heavy atom. The Balaban J connectivity index is 2.01. The Labute approximate surface area is 130 Å². The van der Waals surface area contributed by atoms with Gasteiger partial charge in [-0.25, -0.2) is 0 Å². The van der Waals surface area contributed by atoms with Crippen LogP contribution in [0.4, 0.5) is 0 Å². The summed E-state index contributed by atoms with van der Waals surface area (Å²) >= 11 is 0. The normalized spacial score (nSPS) is 20.0. The number of hydrogen-bond acceptors (Lipinski definition) is 4. The fourth-order valence-electron chi connectivity index (χ4n) is 2.68. The molecule has 0 radical (unpaired) electrons. The molecule has 1 saturated heterocycles. The van der Waals surface area contributed by atoms with E-state index in [4.69, 9.17) is 9.31 Å². The quantitative estimate of drug-likeness (QED) is 0.659. The molecule has 22 heavy (non-hydrogen) atoms. The van der Waals surface area contributed by atoms with E-state index in [1.54, 1.807) is 6.07 Å². The summed E-state index contributed by atoms with van der Waals surface area (Å²) in [5, 5.41) is 20.6. The van der Waals surface area contributed by atoms with Crippen LogP contribution in [0.25, 0.3) is 10.8 Å². The molecule has 1 heterocycles. The second-order valence-corrected chi connectivity index (χ2v) is 6.79. The van der Waals surface area contributed by atoms with Crippen LogP contribution in [0.3, 0.4) is 0 Å². The van der Waals surface area contributed by atoms with Crippen molar-refractivity contribution >= 4 is 23.4 Å². The molecule has 3 rings (SSSR count). The van der Waals surface area contributed by atoms with E-state index in [9.17, 15) is 10.2 Å². The first kappa shape index (κ1) is 15.5. The molecule has 0 aliphatic carbocycles. The number of aliphatic hydroxyl groups excluding tert-OH is 1. The van der Waals surface area contributed by atoms with E-state index in [2.05, 4.69) is 0 Å². The van der Waals surface area contributed by atoms with Gasteiger partial charge in [-0.15, -0.1) is 0 Å². The van der Waals surface area contributed by atoms with Crippen molar-refractivity contribution in [2.75, 3.05) is 0 Å². The van der Waals surface area contributed by atoms with Gasteiger partial charge in [0.2, 0.25) is 0 Å². The average Bonchev–Trinajstić information content (AvgIpc) is 2.66. The fraction of sp³-hybridized carbons (Fsp3) is 0.412. The molecule has 116 valence electrons. The van der Waals surface area contributed by atoms with Crippen LogP contribution in [0.15, 0.2) is 36.4 Å². The Kier molecular flexibility index (Phi) is 3.57. The van der Waals surface area contributed by atoms with Gasteiger partial charge < -0.3 is 19.5 Å². The zero-order chi connectivity index (χ0) is 16.1. The third-order valence-electron chi connectivity index (χ3n) is 4.74. The number of aliphatic hydroxyl groups is 2. The number of hydrogen-bond donors (Lipinski definition) is 2. The van der Waals surface area contributed by atoms with E-state index < -0.39 is 13.4 Å². The van der Waals surface area contributed by atoms with Gasteiger partial charge in [-0.2, -0.15) is 0 Å². The lowest BCUT2D eigenvalue weighted by molar-refractivity contribution is -0.0413. The van der Waals surface area contributed by atoms with Crippen molar-refractivity contribution in [2.45, 2.75) is 45.2 Å². The number of benzene rings is 2. The van der Waals surface area contributed by atoms with Gasteiger partial charge >= 0.3 is 7.12 Å². The lowest BCUT2D eigenvalue weighted by atomic mass is 9.78. The highest BCUT2D eigenvalue weighted by Crippen LogP contribution is 2.36. The van der Waals surface area contributed by atoms with Crippen LogP contribution in [-0.2, 0) is 9.31 Å². The third kappa shape index (κ3) is 2.44. The van der Waals surface area contributed by atoms with Crippen LogP contribution < -0.4 is 5.46 Å². The van der Waals surface area contributed by atoms with E-state index >= 15 is 0 Å². The van der Waals surface area contributed by atoms with Crippen molar-refractivity contribution in [3.05, 3.63) is 42.0 Å². The highest BCUT2D eigenvalue weighted by Gasteiger charge is 2.51. The van der Waals surface area contributed by atoms with E-state index in [1.807, 2.05) is 58.0 Å². The van der Waals surface area contributed by atoms with E-state index in [0.717, 1.165) is 16.2 Å². The highest BCUT2D eigenvalue weighted by atomic mass is 16.7. The summed E-state index contributed by atoms with van der Waals surface area (Å²) < 4.78 is 12.1. The second kappa shape index (κ2) is 5.06. The van der Waals surface area contributed by atoms with Gasteiger partial charge in [0.1, 0.15) is 0 Å². The van der Waals surface area contributed by atoms with Gasteiger partial charge in [-0.3, -0.25) is 0 Å². The van der Waals surface area contributed by atoms with Gasteiger partial charge in [0, 0.05) is 5.56 Å². The first-order chi connectivity index (χ1) is 10.2. The maximum Gasteiger partial charge on any atom is 0.494 e. The van der Waals surface area contributed by atoms with Gasteiger partial charge in [0.15, 0.2) is 6.29 Å². The molecule has 0 spiro atoms. The molecule has 5 heteroatoms. The topological polar surface area (TPSA) is 58.9 Å². The molecule has 2 aromatic carbocycles. The zero-order valence-corrected chi connectivity index (χ0v) is 13.3. The smallest absolute Gasteiger partial charge is 0.399 e. The Morgan fingerprint density at radius 3 is 2.18 bits per heavy atom. The molecule has 4 nitrogen and oxygen atoms in total. The minimum Gasteiger partial charge on any atom is -0.399 e. The molecule has 0 atom stereocenters. The summed E-state index contributed by atoms with van der Waals surface area (Å²) in [6.45, 7) is 8.09. The fourth-order valence-corrected chi connectivity index (χ4v) is 2.68. The van der Waals surface area contributed by atoms with E-state index in [1.165, 1.54) is 0 Å². The van der Waals surface area contributed by atoms with Gasteiger partial charge in [-0.05, 0) is 43.9 Å². The Hall–Kier alpha value is -1.40. The first-order valence-corrected chi connectivity index (χ1v) is 7.46. The second-order valence-electron chi connectivity index (χ2n) is 6.79. The van der Waals surface area contributed by atoms with Crippen molar-refractivity contribution in [1.82, 2.24) is 0 Å². The van der Waals surface area contributed by atoms with Gasteiger partial charge in [0.25, 0.3) is 0 Å². The minimum atomic E-state index is -1.48. The SMILES string of the molecule is CC1(C)OB(c2ccc3c(C(O)O)cccc3c2)OC1(C)C. The summed E-state index contributed by atoms with van der Waals surface area (Å²) in [6.07, 6.45) is -1.48. The maximum atomic E-state index is 9.45. The zero-order valence-electron chi connectivity index (χ0n) is 13.3. The lowest BCUT2D eigenvalue weighted by Gasteiger charge is -2.32. The van der Waals surface area contributed by atoms with Crippen LogP contribution in [-0.4, -0.2) is 28.5 Å². The summed E-state index contributed by atoms with van der Waals surface area (Å²) in [4.78, 5) is 0. The molecule has 0 saturated carbocycles. The molecule has 1 fully saturated rings. The van der Waals surface area contributed by atoms with Crippen molar-refractivity contribution in [1.29, 1.82) is 0 Å². The first-order valence-electron chi connectivity index (χ1n) is 7.46. The standard InChI is InChI=1S/C17H21BO4/c1-16(2)17(3,4)22-18(21-16)12-8-9-13-11(10-12)6-5-7-14(13)15(19)20/h5-10,15,19-20H,1-4H3. The highest BCUT2D eigenvalue weighted by molar-refractivity contribution is 6.62. The molecule has 1 aliphatic heterocycles. The van der Waals surface area contributed by atoms with E-state index in [0.29, 0.717) is 5.56 Å². The summed E-state index contributed by atoms with van der Waals surface area (Å²) in [5.74, 6) is 0.